The summed E-state index contributed by atoms with van der Waals surface area (Å²) in [6, 6.07) is 5.99. The van der Waals surface area contributed by atoms with Crippen LogP contribution in [0.1, 0.15) is 25.1 Å². The van der Waals surface area contributed by atoms with Crippen molar-refractivity contribution in [3.8, 4) is 5.69 Å². The van der Waals surface area contributed by atoms with E-state index in [-0.39, 0.29) is 0 Å². The van der Waals surface area contributed by atoms with Gasteiger partial charge >= 0.3 is 0 Å². The highest BCUT2D eigenvalue weighted by atomic mass is 35.5. The van der Waals surface area contributed by atoms with Crippen molar-refractivity contribution in [1.29, 1.82) is 0 Å². The fourth-order valence-corrected chi connectivity index (χ4v) is 2.33. The van der Waals surface area contributed by atoms with E-state index in [1.54, 1.807) is 10.9 Å². The van der Waals surface area contributed by atoms with Gasteiger partial charge in [-0.15, -0.1) is 0 Å². The summed E-state index contributed by atoms with van der Waals surface area (Å²) in [6.07, 6.45) is 1.77. The maximum Gasteiger partial charge on any atom is 0.0832 e. The number of benzene rings is 1. The van der Waals surface area contributed by atoms with Crippen molar-refractivity contribution in [2.24, 2.45) is 5.92 Å². The number of nitrogens with zero attached hydrogens (tertiary/aromatic N) is 2. The molecule has 0 aliphatic heterocycles. The van der Waals surface area contributed by atoms with Crippen LogP contribution in [0, 0.1) is 12.8 Å². The number of hydrogen-bond donors (Lipinski definition) is 1. The molecule has 1 heterocycles. The van der Waals surface area contributed by atoms with Gasteiger partial charge in [-0.25, -0.2) is 4.68 Å². The molecular weight excluding hydrogens is 293 g/mol. The fraction of sp³-hybridized carbons (Fsp3) is 0.400. The SMILES string of the molecule is Cc1nn(-c2ccc(CNCC(C)C)cc2Cl)cc1Cl. The average Bonchev–Trinajstić information content (AvgIpc) is 2.69. The van der Waals surface area contributed by atoms with Gasteiger partial charge in [0.15, 0.2) is 0 Å². The van der Waals surface area contributed by atoms with Gasteiger partial charge in [-0.3, -0.25) is 0 Å². The summed E-state index contributed by atoms with van der Waals surface area (Å²) in [7, 11) is 0. The van der Waals surface area contributed by atoms with Gasteiger partial charge in [0, 0.05) is 12.7 Å². The van der Waals surface area contributed by atoms with Crippen molar-refractivity contribution < 1.29 is 0 Å². The first-order valence-electron chi connectivity index (χ1n) is 6.68. The lowest BCUT2D eigenvalue weighted by Gasteiger charge is -2.10. The monoisotopic (exact) mass is 311 g/mol. The van der Waals surface area contributed by atoms with Crippen LogP contribution < -0.4 is 5.32 Å². The molecule has 0 saturated carbocycles. The van der Waals surface area contributed by atoms with Gasteiger partial charge in [0.25, 0.3) is 0 Å². The van der Waals surface area contributed by atoms with Crippen LogP contribution in [0.25, 0.3) is 5.69 Å². The van der Waals surface area contributed by atoms with Gasteiger partial charge < -0.3 is 5.32 Å². The van der Waals surface area contributed by atoms with Gasteiger partial charge in [0.1, 0.15) is 0 Å². The van der Waals surface area contributed by atoms with Crippen LogP contribution >= 0.6 is 23.2 Å². The number of nitrogens with one attached hydrogen (secondary N) is 1. The maximum absolute atomic E-state index is 6.34. The smallest absolute Gasteiger partial charge is 0.0832 e. The van der Waals surface area contributed by atoms with Crippen molar-refractivity contribution >= 4 is 23.2 Å². The molecule has 2 aromatic rings. The molecule has 1 aromatic carbocycles. The molecular formula is C15H19Cl2N3. The second-order valence-corrected chi connectivity index (χ2v) is 6.13. The molecule has 3 nitrogen and oxygen atoms in total. The number of aromatic nitrogens is 2. The Morgan fingerprint density at radius 1 is 1.25 bits per heavy atom. The summed E-state index contributed by atoms with van der Waals surface area (Å²) in [5.74, 6) is 0.638. The Morgan fingerprint density at radius 2 is 2.00 bits per heavy atom. The van der Waals surface area contributed by atoms with Crippen LogP contribution in [0.2, 0.25) is 10.0 Å². The number of rotatable bonds is 5. The summed E-state index contributed by atoms with van der Waals surface area (Å²) in [5, 5.41) is 9.06. The Kier molecular flexibility index (Phi) is 5.08. The van der Waals surface area contributed by atoms with Crippen molar-refractivity contribution in [3.63, 3.8) is 0 Å². The van der Waals surface area contributed by atoms with E-state index < -0.39 is 0 Å². The molecule has 0 amide bonds. The van der Waals surface area contributed by atoms with Gasteiger partial charge in [0.05, 0.1) is 21.4 Å². The Hall–Kier alpha value is -1.03. The van der Waals surface area contributed by atoms with E-state index in [1.165, 1.54) is 0 Å². The minimum Gasteiger partial charge on any atom is -0.312 e. The molecule has 0 saturated heterocycles. The van der Waals surface area contributed by atoms with E-state index in [4.69, 9.17) is 23.2 Å². The molecule has 1 N–H and O–H groups in total. The van der Waals surface area contributed by atoms with Crippen molar-refractivity contribution in [1.82, 2.24) is 15.1 Å². The van der Waals surface area contributed by atoms with E-state index in [9.17, 15) is 0 Å². The Labute approximate surface area is 129 Å². The van der Waals surface area contributed by atoms with Crippen LogP contribution in [0.5, 0.6) is 0 Å². The summed E-state index contributed by atoms with van der Waals surface area (Å²) >= 11 is 12.4. The van der Waals surface area contributed by atoms with Gasteiger partial charge in [-0.2, -0.15) is 5.10 Å². The predicted molar refractivity (Wildman–Crippen MR) is 84.9 cm³/mol. The first-order chi connectivity index (χ1) is 9.47. The van der Waals surface area contributed by atoms with E-state index in [2.05, 4.69) is 30.3 Å². The zero-order valence-electron chi connectivity index (χ0n) is 12.0. The largest absolute Gasteiger partial charge is 0.312 e. The molecule has 0 radical (unpaired) electrons. The highest BCUT2D eigenvalue weighted by Crippen LogP contribution is 2.24. The molecule has 0 atom stereocenters. The summed E-state index contributed by atoms with van der Waals surface area (Å²) in [5.41, 5.74) is 2.80. The van der Waals surface area contributed by atoms with Crippen molar-refractivity contribution in [2.45, 2.75) is 27.3 Å². The van der Waals surface area contributed by atoms with Gasteiger partial charge in [-0.05, 0) is 37.1 Å². The van der Waals surface area contributed by atoms with Crippen molar-refractivity contribution in [2.75, 3.05) is 6.54 Å². The minimum atomic E-state index is 0.638. The number of aryl methyl sites for hydroxylation is 1. The third kappa shape index (κ3) is 3.75. The highest BCUT2D eigenvalue weighted by Gasteiger charge is 2.08. The Bertz CT molecular complexity index is 571. The second kappa shape index (κ2) is 6.61. The van der Waals surface area contributed by atoms with E-state index in [0.717, 1.165) is 30.0 Å². The number of halogens is 2. The lowest BCUT2D eigenvalue weighted by molar-refractivity contribution is 0.552. The molecule has 0 fully saturated rings. The third-order valence-electron chi connectivity index (χ3n) is 2.98. The van der Waals surface area contributed by atoms with Crippen LogP contribution in [0.4, 0.5) is 0 Å². The summed E-state index contributed by atoms with van der Waals surface area (Å²) in [6.45, 7) is 8.06. The normalized spacial score (nSPS) is 11.3. The first-order valence-corrected chi connectivity index (χ1v) is 7.44. The third-order valence-corrected chi connectivity index (χ3v) is 3.65. The topological polar surface area (TPSA) is 29.9 Å². The molecule has 108 valence electrons. The molecule has 20 heavy (non-hydrogen) atoms. The van der Waals surface area contributed by atoms with Crippen LogP contribution in [-0.4, -0.2) is 16.3 Å². The van der Waals surface area contributed by atoms with E-state index >= 15 is 0 Å². The molecule has 0 aliphatic carbocycles. The zero-order valence-corrected chi connectivity index (χ0v) is 13.5. The zero-order chi connectivity index (χ0) is 14.7. The lowest BCUT2D eigenvalue weighted by Crippen LogP contribution is -2.18. The average molecular weight is 312 g/mol. The van der Waals surface area contributed by atoms with E-state index in [0.29, 0.717) is 16.0 Å². The molecule has 1 aromatic heterocycles. The minimum absolute atomic E-state index is 0.638. The molecule has 0 unspecified atom stereocenters. The Morgan fingerprint density at radius 3 is 2.55 bits per heavy atom. The van der Waals surface area contributed by atoms with Crippen LogP contribution in [0.3, 0.4) is 0 Å². The van der Waals surface area contributed by atoms with Gasteiger partial charge in [0.2, 0.25) is 0 Å². The molecule has 0 bridgehead atoms. The summed E-state index contributed by atoms with van der Waals surface area (Å²) < 4.78 is 1.71. The maximum atomic E-state index is 6.34. The molecule has 0 aliphatic rings. The standard InChI is InChI=1S/C15H19Cl2N3/c1-10(2)7-18-8-12-4-5-15(13(16)6-12)20-9-14(17)11(3)19-20/h4-6,9-10,18H,7-8H2,1-3H3. The first kappa shape index (κ1) is 15.4. The van der Waals surface area contributed by atoms with Gasteiger partial charge in [-0.1, -0.05) is 43.1 Å². The van der Waals surface area contributed by atoms with E-state index in [1.807, 2.05) is 19.1 Å². The summed E-state index contributed by atoms with van der Waals surface area (Å²) in [4.78, 5) is 0. The van der Waals surface area contributed by atoms with Crippen LogP contribution in [0.15, 0.2) is 24.4 Å². The van der Waals surface area contributed by atoms with Crippen molar-refractivity contribution in [3.05, 3.63) is 45.7 Å². The Balaban J connectivity index is 2.13. The molecule has 5 heteroatoms. The number of hydrogen-bond acceptors (Lipinski definition) is 2. The quantitative estimate of drug-likeness (QED) is 0.895. The highest BCUT2D eigenvalue weighted by molar-refractivity contribution is 6.32. The molecule has 2 rings (SSSR count). The molecule has 0 spiro atoms. The lowest BCUT2D eigenvalue weighted by atomic mass is 10.2. The predicted octanol–water partition coefficient (Wildman–Crippen LogP) is 4.23. The fourth-order valence-electron chi connectivity index (χ4n) is 1.91. The second-order valence-electron chi connectivity index (χ2n) is 5.32. The van der Waals surface area contributed by atoms with Crippen LogP contribution in [-0.2, 0) is 6.54 Å².